The second-order valence-electron chi connectivity index (χ2n) is 6.15. The van der Waals surface area contributed by atoms with Crippen LogP contribution in [0.1, 0.15) is 28.9 Å². The fraction of sp³-hybridized carbons (Fsp3) is 0.190. The first kappa shape index (κ1) is 19.9. The van der Waals surface area contributed by atoms with E-state index in [1.807, 2.05) is 6.07 Å². The molecule has 0 fully saturated rings. The summed E-state index contributed by atoms with van der Waals surface area (Å²) in [6.45, 7) is 1.43. The van der Waals surface area contributed by atoms with Gasteiger partial charge in [0.15, 0.2) is 0 Å². The smallest absolute Gasteiger partial charge is 0.342 e. The van der Waals surface area contributed by atoms with Crippen molar-refractivity contribution in [3.8, 4) is 5.75 Å². The van der Waals surface area contributed by atoms with Gasteiger partial charge in [0.2, 0.25) is 0 Å². The molecule has 2 aromatic rings. The normalized spacial score (nSPS) is 15.9. The van der Waals surface area contributed by atoms with Crippen molar-refractivity contribution in [1.29, 1.82) is 0 Å². The summed E-state index contributed by atoms with van der Waals surface area (Å²) >= 11 is 0. The largest absolute Gasteiger partial charge is 0.507 e. The van der Waals surface area contributed by atoms with Crippen LogP contribution >= 0.6 is 0 Å². The van der Waals surface area contributed by atoms with Gasteiger partial charge in [0.25, 0.3) is 0 Å². The number of amides is 2. The SMILES string of the molecule is CCOC(=O)C1=C(COC(=O)c2ccccc2O)NC(=O)N[C@@H]1c1ccccc1. The third kappa shape index (κ3) is 4.55. The van der Waals surface area contributed by atoms with Crippen LogP contribution in [0.25, 0.3) is 0 Å². The zero-order chi connectivity index (χ0) is 20.8. The number of benzene rings is 2. The van der Waals surface area contributed by atoms with E-state index in [4.69, 9.17) is 9.47 Å². The molecule has 1 atom stereocenters. The molecule has 0 radical (unpaired) electrons. The molecule has 8 heteroatoms. The molecule has 3 rings (SSSR count). The van der Waals surface area contributed by atoms with E-state index in [0.717, 1.165) is 0 Å². The Bertz CT molecular complexity index is 955. The summed E-state index contributed by atoms with van der Waals surface area (Å²) in [5.41, 5.74) is 0.910. The van der Waals surface area contributed by atoms with Crippen molar-refractivity contribution in [2.75, 3.05) is 13.2 Å². The Morgan fingerprint density at radius 1 is 1.00 bits per heavy atom. The number of aromatic hydroxyl groups is 1. The molecule has 0 unspecified atom stereocenters. The van der Waals surface area contributed by atoms with E-state index in [1.54, 1.807) is 43.3 Å². The van der Waals surface area contributed by atoms with E-state index in [-0.39, 0.29) is 35.8 Å². The van der Waals surface area contributed by atoms with Crippen LogP contribution < -0.4 is 10.6 Å². The molecule has 2 amide bonds. The number of phenolic OH excluding ortho intramolecular Hbond substituents is 1. The first-order chi connectivity index (χ1) is 14.0. The first-order valence-electron chi connectivity index (χ1n) is 8.99. The minimum atomic E-state index is -0.789. The van der Waals surface area contributed by atoms with E-state index in [2.05, 4.69) is 10.6 Å². The van der Waals surface area contributed by atoms with Crippen LogP contribution in [0.2, 0.25) is 0 Å². The van der Waals surface area contributed by atoms with Crippen molar-refractivity contribution in [2.24, 2.45) is 0 Å². The van der Waals surface area contributed by atoms with Gasteiger partial charge in [-0.3, -0.25) is 0 Å². The number of ether oxygens (including phenoxy) is 2. The van der Waals surface area contributed by atoms with Crippen LogP contribution in [0.4, 0.5) is 4.79 Å². The number of hydrogen-bond acceptors (Lipinski definition) is 6. The van der Waals surface area contributed by atoms with Crippen LogP contribution in [0, 0.1) is 0 Å². The van der Waals surface area contributed by atoms with Crippen molar-refractivity contribution >= 4 is 18.0 Å². The predicted octanol–water partition coefficient (Wildman–Crippen LogP) is 2.42. The molecule has 0 aromatic heterocycles. The van der Waals surface area contributed by atoms with Gasteiger partial charge in [0.1, 0.15) is 17.9 Å². The molecule has 1 heterocycles. The summed E-state index contributed by atoms with van der Waals surface area (Å²) < 4.78 is 10.4. The Morgan fingerprint density at radius 2 is 1.69 bits per heavy atom. The lowest BCUT2D eigenvalue weighted by Gasteiger charge is -2.29. The molecule has 0 saturated carbocycles. The van der Waals surface area contributed by atoms with Crippen molar-refractivity contribution in [3.63, 3.8) is 0 Å². The summed E-state index contributed by atoms with van der Waals surface area (Å²) in [4.78, 5) is 37.1. The molecule has 0 spiro atoms. The Morgan fingerprint density at radius 3 is 2.38 bits per heavy atom. The number of urea groups is 1. The Hall–Kier alpha value is -3.81. The van der Waals surface area contributed by atoms with Gasteiger partial charge in [0, 0.05) is 0 Å². The summed E-state index contributed by atoms with van der Waals surface area (Å²) in [5.74, 6) is -1.65. The van der Waals surface area contributed by atoms with Gasteiger partial charge in [-0.2, -0.15) is 0 Å². The number of nitrogens with one attached hydrogen (secondary N) is 2. The molecular weight excluding hydrogens is 376 g/mol. The van der Waals surface area contributed by atoms with Gasteiger partial charge in [-0.1, -0.05) is 42.5 Å². The maximum Gasteiger partial charge on any atom is 0.342 e. The summed E-state index contributed by atoms with van der Waals surface area (Å²) in [6.07, 6.45) is 0. The highest BCUT2D eigenvalue weighted by molar-refractivity contribution is 5.96. The van der Waals surface area contributed by atoms with Crippen LogP contribution in [0.3, 0.4) is 0 Å². The molecule has 0 aliphatic carbocycles. The molecular formula is C21H20N2O6. The Labute approximate surface area is 167 Å². The number of esters is 2. The molecule has 1 aliphatic rings. The number of carbonyl (C=O) groups is 3. The van der Waals surface area contributed by atoms with Crippen LogP contribution in [0.15, 0.2) is 65.9 Å². The van der Waals surface area contributed by atoms with Gasteiger partial charge >= 0.3 is 18.0 Å². The molecule has 2 aromatic carbocycles. The van der Waals surface area contributed by atoms with E-state index in [0.29, 0.717) is 5.56 Å². The quantitative estimate of drug-likeness (QED) is 0.646. The third-order valence-corrected chi connectivity index (χ3v) is 4.25. The lowest BCUT2D eigenvalue weighted by molar-refractivity contribution is -0.139. The second-order valence-corrected chi connectivity index (χ2v) is 6.15. The number of rotatable bonds is 6. The zero-order valence-corrected chi connectivity index (χ0v) is 15.7. The highest BCUT2D eigenvalue weighted by atomic mass is 16.5. The standard InChI is InChI=1S/C21H20N2O6/c1-2-28-20(26)17-15(12-29-19(25)14-10-6-7-11-16(14)24)22-21(27)23-18(17)13-8-4-3-5-9-13/h3-11,18,24H,2,12H2,1H3,(H2,22,23,27)/t18-/m1/s1. The van der Waals surface area contributed by atoms with Gasteiger partial charge in [-0.05, 0) is 24.6 Å². The number of phenols is 1. The first-order valence-corrected chi connectivity index (χ1v) is 8.99. The van der Waals surface area contributed by atoms with Gasteiger partial charge in [0.05, 0.1) is 23.9 Å². The van der Waals surface area contributed by atoms with Crippen LogP contribution in [-0.4, -0.2) is 36.3 Å². The number of para-hydroxylation sites is 1. The van der Waals surface area contributed by atoms with Crippen LogP contribution in [-0.2, 0) is 14.3 Å². The minimum absolute atomic E-state index is 0.0225. The van der Waals surface area contributed by atoms with Crippen molar-refractivity contribution in [3.05, 3.63) is 77.0 Å². The molecule has 3 N–H and O–H groups in total. The monoisotopic (exact) mass is 396 g/mol. The molecule has 8 nitrogen and oxygen atoms in total. The van der Waals surface area contributed by atoms with Gasteiger partial charge in [-0.15, -0.1) is 0 Å². The second kappa shape index (κ2) is 8.92. The summed E-state index contributed by atoms with van der Waals surface area (Å²) in [7, 11) is 0. The average Bonchev–Trinajstić information content (AvgIpc) is 2.72. The molecule has 1 aliphatic heterocycles. The lowest BCUT2D eigenvalue weighted by atomic mass is 9.95. The maximum absolute atomic E-state index is 12.6. The average molecular weight is 396 g/mol. The molecule has 0 bridgehead atoms. The fourth-order valence-electron chi connectivity index (χ4n) is 2.94. The Kier molecular flexibility index (Phi) is 6.13. The third-order valence-electron chi connectivity index (χ3n) is 4.25. The summed E-state index contributed by atoms with van der Waals surface area (Å²) in [5, 5.41) is 15.0. The predicted molar refractivity (Wildman–Crippen MR) is 103 cm³/mol. The van der Waals surface area contributed by atoms with E-state index in [9.17, 15) is 19.5 Å². The topological polar surface area (TPSA) is 114 Å². The number of carbonyl (C=O) groups excluding carboxylic acids is 3. The van der Waals surface area contributed by atoms with Crippen LogP contribution in [0.5, 0.6) is 5.75 Å². The maximum atomic E-state index is 12.6. The van der Waals surface area contributed by atoms with Crippen molar-refractivity contribution in [2.45, 2.75) is 13.0 Å². The van der Waals surface area contributed by atoms with Crippen molar-refractivity contribution < 1.29 is 29.0 Å². The molecule has 150 valence electrons. The van der Waals surface area contributed by atoms with Gasteiger partial charge < -0.3 is 25.2 Å². The zero-order valence-electron chi connectivity index (χ0n) is 15.7. The highest BCUT2D eigenvalue weighted by Gasteiger charge is 2.34. The van der Waals surface area contributed by atoms with Gasteiger partial charge in [-0.25, -0.2) is 14.4 Å². The van der Waals surface area contributed by atoms with E-state index >= 15 is 0 Å². The van der Waals surface area contributed by atoms with E-state index < -0.39 is 24.0 Å². The Balaban J connectivity index is 1.92. The highest BCUT2D eigenvalue weighted by Crippen LogP contribution is 2.28. The number of hydrogen-bond donors (Lipinski definition) is 3. The minimum Gasteiger partial charge on any atom is -0.507 e. The summed E-state index contributed by atoms with van der Waals surface area (Å²) in [6, 6.07) is 13.5. The van der Waals surface area contributed by atoms with Crippen molar-refractivity contribution in [1.82, 2.24) is 10.6 Å². The van der Waals surface area contributed by atoms with E-state index in [1.165, 1.54) is 12.1 Å². The lowest BCUT2D eigenvalue weighted by Crippen LogP contribution is -2.47. The molecule has 0 saturated heterocycles. The fourth-order valence-corrected chi connectivity index (χ4v) is 2.94. The molecule has 29 heavy (non-hydrogen) atoms.